The van der Waals surface area contributed by atoms with Crippen molar-refractivity contribution in [3.63, 3.8) is 0 Å². The van der Waals surface area contributed by atoms with Crippen LogP contribution in [0.25, 0.3) is 11.5 Å². The lowest BCUT2D eigenvalue weighted by molar-refractivity contribution is -0.120. The van der Waals surface area contributed by atoms with Crippen molar-refractivity contribution >= 4 is 18.3 Å². The lowest BCUT2D eigenvalue weighted by Gasteiger charge is -2.07. The molecule has 0 radical (unpaired) electrons. The first-order chi connectivity index (χ1) is 8.70. The van der Waals surface area contributed by atoms with Crippen molar-refractivity contribution in [1.82, 2.24) is 15.5 Å². The number of hydrogen-bond acceptors (Lipinski definition) is 5. The quantitative estimate of drug-likeness (QED) is 0.881. The predicted octanol–water partition coefficient (Wildman–Crippen LogP) is 1.29. The minimum Gasteiger partial charge on any atom is -0.345 e. The number of halogens is 1. The SMILES string of the molecule is CC(NC(=O)CN)c1noc(-c2ccccc2)n1.Cl. The molecule has 1 unspecified atom stereocenters. The normalized spacial score (nSPS) is 11.5. The Morgan fingerprint density at radius 1 is 1.42 bits per heavy atom. The van der Waals surface area contributed by atoms with Gasteiger partial charge in [-0.15, -0.1) is 12.4 Å². The number of hydrogen-bond donors (Lipinski definition) is 2. The third-order valence-corrected chi connectivity index (χ3v) is 2.41. The fourth-order valence-corrected chi connectivity index (χ4v) is 1.47. The molecular formula is C12H15ClN4O2. The van der Waals surface area contributed by atoms with E-state index in [1.54, 1.807) is 6.92 Å². The summed E-state index contributed by atoms with van der Waals surface area (Å²) in [6.45, 7) is 1.71. The second-order valence-electron chi connectivity index (χ2n) is 3.82. The van der Waals surface area contributed by atoms with Gasteiger partial charge in [-0.3, -0.25) is 4.79 Å². The average molecular weight is 283 g/mol. The third-order valence-electron chi connectivity index (χ3n) is 2.41. The van der Waals surface area contributed by atoms with Gasteiger partial charge in [0.2, 0.25) is 5.91 Å². The first kappa shape index (κ1) is 15.1. The van der Waals surface area contributed by atoms with E-state index in [4.69, 9.17) is 10.3 Å². The summed E-state index contributed by atoms with van der Waals surface area (Å²) in [7, 11) is 0. The van der Waals surface area contributed by atoms with Crippen LogP contribution in [-0.4, -0.2) is 22.6 Å². The number of amides is 1. The molecule has 1 atom stereocenters. The molecule has 0 saturated heterocycles. The zero-order valence-electron chi connectivity index (χ0n) is 10.4. The summed E-state index contributed by atoms with van der Waals surface area (Å²) < 4.78 is 5.14. The summed E-state index contributed by atoms with van der Waals surface area (Å²) in [6, 6.07) is 9.10. The average Bonchev–Trinajstić information content (AvgIpc) is 2.89. The Morgan fingerprint density at radius 2 is 2.11 bits per heavy atom. The van der Waals surface area contributed by atoms with Crippen molar-refractivity contribution in [3.05, 3.63) is 36.2 Å². The third kappa shape index (κ3) is 3.77. The van der Waals surface area contributed by atoms with Crippen molar-refractivity contribution < 1.29 is 9.32 Å². The molecule has 0 aliphatic heterocycles. The van der Waals surface area contributed by atoms with Gasteiger partial charge in [-0.2, -0.15) is 4.98 Å². The van der Waals surface area contributed by atoms with Crippen LogP contribution in [0.2, 0.25) is 0 Å². The molecule has 1 amide bonds. The molecular weight excluding hydrogens is 268 g/mol. The van der Waals surface area contributed by atoms with Gasteiger partial charge >= 0.3 is 0 Å². The van der Waals surface area contributed by atoms with E-state index in [9.17, 15) is 4.79 Å². The second kappa shape index (κ2) is 6.86. The van der Waals surface area contributed by atoms with Gasteiger partial charge in [0.25, 0.3) is 5.89 Å². The maximum atomic E-state index is 11.2. The van der Waals surface area contributed by atoms with Crippen LogP contribution in [0.5, 0.6) is 0 Å². The van der Waals surface area contributed by atoms with Gasteiger partial charge < -0.3 is 15.6 Å². The van der Waals surface area contributed by atoms with E-state index in [-0.39, 0.29) is 30.9 Å². The van der Waals surface area contributed by atoms with Gasteiger partial charge in [0.15, 0.2) is 5.82 Å². The van der Waals surface area contributed by atoms with Crippen LogP contribution in [-0.2, 0) is 4.79 Å². The van der Waals surface area contributed by atoms with E-state index in [0.717, 1.165) is 5.56 Å². The minimum atomic E-state index is -0.331. The Kier molecular flexibility index (Phi) is 5.47. The highest BCUT2D eigenvalue weighted by molar-refractivity contribution is 5.85. The van der Waals surface area contributed by atoms with Crippen LogP contribution in [0, 0.1) is 0 Å². The largest absolute Gasteiger partial charge is 0.345 e. The molecule has 1 aromatic heterocycles. The zero-order chi connectivity index (χ0) is 13.0. The summed E-state index contributed by atoms with van der Waals surface area (Å²) in [4.78, 5) is 15.4. The monoisotopic (exact) mass is 282 g/mol. The summed E-state index contributed by atoms with van der Waals surface area (Å²) in [5, 5.41) is 6.50. The molecule has 0 fully saturated rings. The lowest BCUT2D eigenvalue weighted by atomic mass is 10.2. The van der Waals surface area contributed by atoms with Crippen LogP contribution in [0.3, 0.4) is 0 Å². The second-order valence-corrected chi connectivity index (χ2v) is 3.82. The molecule has 1 aromatic carbocycles. The predicted molar refractivity (Wildman–Crippen MR) is 72.6 cm³/mol. The van der Waals surface area contributed by atoms with Gasteiger partial charge in [-0.1, -0.05) is 23.4 Å². The number of aromatic nitrogens is 2. The molecule has 19 heavy (non-hydrogen) atoms. The number of nitrogens with one attached hydrogen (secondary N) is 1. The van der Waals surface area contributed by atoms with Crippen molar-refractivity contribution in [2.75, 3.05) is 6.54 Å². The smallest absolute Gasteiger partial charge is 0.257 e. The van der Waals surface area contributed by atoms with Gasteiger partial charge in [0, 0.05) is 5.56 Å². The van der Waals surface area contributed by atoms with Crippen molar-refractivity contribution in [1.29, 1.82) is 0 Å². The number of nitrogens with two attached hydrogens (primary N) is 1. The molecule has 0 saturated carbocycles. The summed E-state index contributed by atoms with van der Waals surface area (Å²) in [6.07, 6.45) is 0. The van der Waals surface area contributed by atoms with Crippen molar-refractivity contribution in [3.8, 4) is 11.5 Å². The van der Waals surface area contributed by atoms with E-state index in [0.29, 0.717) is 11.7 Å². The van der Waals surface area contributed by atoms with E-state index in [1.165, 1.54) is 0 Å². The Balaban J connectivity index is 0.00000180. The highest BCUT2D eigenvalue weighted by atomic mass is 35.5. The van der Waals surface area contributed by atoms with E-state index < -0.39 is 0 Å². The Hall–Kier alpha value is -1.92. The van der Waals surface area contributed by atoms with E-state index in [2.05, 4.69) is 15.5 Å². The molecule has 2 aromatic rings. The maximum absolute atomic E-state index is 11.2. The topological polar surface area (TPSA) is 94.0 Å². The first-order valence-electron chi connectivity index (χ1n) is 5.59. The number of rotatable bonds is 4. The van der Waals surface area contributed by atoms with Crippen LogP contribution >= 0.6 is 12.4 Å². The summed E-state index contributed by atoms with van der Waals surface area (Å²) >= 11 is 0. The van der Waals surface area contributed by atoms with Crippen molar-refractivity contribution in [2.45, 2.75) is 13.0 Å². The van der Waals surface area contributed by atoms with Gasteiger partial charge in [-0.25, -0.2) is 0 Å². The number of nitrogens with zero attached hydrogens (tertiary/aromatic N) is 2. The number of benzene rings is 1. The molecule has 102 valence electrons. The Morgan fingerprint density at radius 3 is 2.74 bits per heavy atom. The molecule has 7 heteroatoms. The number of carbonyl (C=O) groups is 1. The van der Waals surface area contributed by atoms with Crippen LogP contribution < -0.4 is 11.1 Å². The van der Waals surface area contributed by atoms with Gasteiger partial charge in [0.1, 0.15) is 0 Å². The van der Waals surface area contributed by atoms with Crippen LogP contribution in [0.4, 0.5) is 0 Å². The number of carbonyl (C=O) groups excluding carboxylic acids is 1. The molecule has 0 spiro atoms. The highest BCUT2D eigenvalue weighted by Crippen LogP contribution is 2.18. The Labute approximate surface area is 116 Å². The maximum Gasteiger partial charge on any atom is 0.257 e. The van der Waals surface area contributed by atoms with Crippen molar-refractivity contribution in [2.24, 2.45) is 5.73 Å². The molecule has 1 heterocycles. The lowest BCUT2D eigenvalue weighted by Crippen LogP contribution is -2.32. The molecule has 2 rings (SSSR count). The molecule has 0 bridgehead atoms. The highest BCUT2D eigenvalue weighted by Gasteiger charge is 2.15. The molecule has 6 nitrogen and oxygen atoms in total. The van der Waals surface area contributed by atoms with Crippen LogP contribution in [0.1, 0.15) is 18.8 Å². The first-order valence-corrected chi connectivity index (χ1v) is 5.59. The van der Waals surface area contributed by atoms with E-state index >= 15 is 0 Å². The summed E-state index contributed by atoms with van der Waals surface area (Å²) in [5.41, 5.74) is 6.06. The summed E-state index contributed by atoms with van der Waals surface area (Å²) in [5.74, 6) is 0.601. The van der Waals surface area contributed by atoms with Gasteiger partial charge in [0.05, 0.1) is 12.6 Å². The Bertz CT molecular complexity index is 530. The fourth-order valence-electron chi connectivity index (χ4n) is 1.47. The fraction of sp³-hybridized carbons (Fsp3) is 0.250. The molecule has 0 aliphatic carbocycles. The minimum absolute atomic E-state index is 0. The zero-order valence-corrected chi connectivity index (χ0v) is 11.2. The molecule has 3 N–H and O–H groups in total. The van der Waals surface area contributed by atoms with Gasteiger partial charge in [-0.05, 0) is 19.1 Å². The standard InChI is InChI=1S/C12H14N4O2.ClH/c1-8(14-10(17)7-13)11-15-12(18-16-11)9-5-3-2-4-6-9;/h2-6,8H,7,13H2,1H3,(H,14,17);1H. The molecule has 0 aliphatic rings. The van der Waals surface area contributed by atoms with Crippen LogP contribution in [0.15, 0.2) is 34.9 Å². The van der Waals surface area contributed by atoms with E-state index in [1.807, 2.05) is 30.3 Å².